The van der Waals surface area contributed by atoms with Crippen molar-refractivity contribution in [2.75, 3.05) is 18.5 Å². The van der Waals surface area contributed by atoms with Gasteiger partial charge in [0.05, 0.1) is 38.6 Å². The van der Waals surface area contributed by atoms with Gasteiger partial charge >= 0.3 is 26.0 Å². The summed E-state index contributed by atoms with van der Waals surface area (Å²) in [7, 11) is -6.39. The smallest absolute Gasteiger partial charge is 0.412 e. The molecule has 0 aliphatic carbocycles. The maximum absolute atomic E-state index is 13.6. The first-order valence-corrected chi connectivity index (χ1v) is 12.4. The van der Waals surface area contributed by atoms with Crippen molar-refractivity contribution in [3.63, 3.8) is 0 Å². The number of ether oxygens (including phenoxy) is 2. The molecule has 0 saturated carbocycles. The largest absolute Gasteiger partial charge is 0.449 e. The number of fused-ring (bicyclic) bond motifs is 1. The van der Waals surface area contributed by atoms with Crippen molar-refractivity contribution in [2.24, 2.45) is 5.92 Å². The number of anilines is 1. The van der Waals surface area contributed by atoms with Crippen LogP contribution < -0.4 is 5.32 Å². The molecule has 2 heterocycles. The van der Waals surface area contributed by atoms with Gasteiger partial charge in [-0.2, -0.15) is 26.3 Å². The molecule has 2 atom stereocenters. The summed E-state index contributed by atoms with van der Waals surface area (Å²) in [5.74, 6) is 0.268. The first kappa shape index (κ1) is 30.7. The molecule has 0 aromatic carbocycles. The lowest BCUT2D eigenvalue weighted by Gasteiger charge is -2.36. The Balaban J connectivity index is 2.18. The van der Waals surface area contributed by atoms with E-state index in [-0.39, 0.29) is 30.1 Å². The number of nitrogens with one attached hydrogen (secondary N) is 1. The average Bonchev–Trinajstić information content (AvgIpc) is 3.12. The fourth-order valence-electron chi connectivity index (χ4n) is 3.15. The van der Waals surface area contributed by atoms with Gasteiger partial charge in [-0.3, -0.25) is 9.88 Å². The summed E-state index contributed by atoms with van der Waals surface area (Å²) in [6.07, 6.45) is -13.5. The molecule has 11 nitrogen and oxygen atoms in total. The zero-order chi connectivity index (χ0) is 28.2. The molecule has 0 aliphatic rings. The second-order valence-electron chi connectivity index (χ2n) is 8.72. The number of halogens is 6. The third kappa shape index (κ3) is 7.99. The Bertz CT molecular complexity index is 1120. The lowest BCUT2D eigenvalue weighted by atomic mass is 10.0. The second kappa shape index (κ2) is 11.5. The highest BCUT2D eigenvalue weighted by Crippen LogP contribution is 2.62. The summed E-state index contributed by atoms with van der Waals surface area (Å²) in [5.41, 5.74) is 0.169. The van der Waals surface area contributed by atoms with Crippen LogP contribution in [0.15, 0.2) is 12.7 Å². The Morgan fingerprint density at radius 2 is 1.78 bits per heavy atom. The number of rotatable bonds is 11. The normalized spacial score (nSPS) is 15.6. The van der Waals surface area contributed by atoms with E-state index in [1.165, 1.54) is 17.8 Å². The SMILES string of the molecule is CC(C)CCOC(=O)Nc1ncnc2c1ncn2CC(C)OC[C@](CC(F)(F)F)(C(F)(F)F)P(=O)(O)O. The highest BCUT2D eigenvalue weighted by atomic mass is 31.2. The predicted octanol–water partition coefficient (Wildman–Crippen LogP) is 4.26. The summed E-state index contributed by atoms with van der Waals surface area (Å²) in [4.78, 5) is 42.4. The zero-order valence-electron chi connectivity index (χ0n) is 19.9. The summed E-state index contributed by atoms with van der Waals surface area (Å²) >= 11 is 0. The minimum absolute atomic E-state index is 0.0327. The van der Waals surface area contributed by atoms with Crippen LogP contribution >= 0.6 is 7.60 Å². The monoisotopic (exact) mass is 565 g/mol. The van der Waals surface area contributed by atoms with Crippen molar-refractivity contribution in [2.45, 2.75) is 63.8 Å². The van der Waals surface area contributed by atoms with Crippen molar-refractivity contribution < 1.29 is 55.0 Å². The number of hydrogen-bond acceptors (Lipinski definition) is 7. The Hall–Kier alpha value is -2.49. The minimum atomic E-state index is -6.39. The summed E-state index contributed by atoms with van der Waals surface area (Å²) in [5, 5.41) is -2.10. The van der Waals surface area contributed by atoms with Crippen LogP contribution in [0.25, 0.3) is 11.2 Å². The summed E-state index contributed by atoms with van der Waals surface area (Å²) in [6, 6.07) is 0. The van der Waals surface area contributed by atoms with E-state index in [0.29, 0.717) is 12.3 Å². The third-order valence-corrected chi connectivity index (χ3v) is 6.84. The molecule has 2 aromatic rings. The van der Waals surface area contributed by atoms with Crippen LogP contribution in [-0.4, -0.2) is 72.2 Å². The quantitative estimate of drug-likeness (QED) is 0.268. The Morgan fingerprint density at radius 1 is 1.14 bits per heavy atom. The summed E-state index contributed by atoms with van der Waals surface area (Å²) < 4.78 is 102. The van der Waals surface area contributed by atoms with Gasteiger partial charge in [0, 0.05) is 0 Å². The molecule has 0 radical (unpaired) electrons. The van der Waals surface area contributed by atoms with Crippen molar-refractivity contribution in [3.05, 3.63) is 12.7 Å². The number of alkyl halides is 6. The molecule has 0 spiro atoms. The van der Waals surface area contributed by atoms with E-state index >= 15 is 0 Å². The van der Waals surface area contributed by atoms with Gasteiger partial charge in [-0.05, 0) is 19.3 Å². The van der Waals surface area contributed by atoms with E-state index in [0.717, 1.165) is 6.33 Å². The predicted molar refractivity (Wildman–Crippen MR) is 117 cm³/mol. The third-order valence-electron chi connectivity index (χ3n) is 5.19. The number of hydrogen-bond donors (Lipinski definition) is 3. The molecule has 0 fully saturated rings. The first-order chi connectivity index (χ1) is 16.9. The topological polar surface area (TPSA) is 149 Å². The lowest BCUT2D eigenvalue weighted by Crippen LogP contribution is -2.52. The highest BCUT2D eigenvalue weighted by Gasteiger charge is 2.69. The van der Waals surface area contributed by atoms with Gasteiger partial charge in [0.25, 0.3) is 0 Å². The minimum Gasteiger partial charge on any atom is -0.449 e. The maximum atomic E-state index is 13.6. The molecule has 1 unspecified atom stereocenters. The van der Waals surface area contributed by atoms with Crippen molar-refractivity contribution in [3.8, 4) is 0 Å². The number of amides is 1. The van der Waals surface area contributed by atoms with Crippen LogP contribution in [0.5, 0.6) is 0 Å². The molecule has 3 N–H and O–H groups in total. The van der Waals surface area contributed by atoms with E-state index in [1.54, 1.807) is 0 Å². The molecule has 1 amide bonds. The standard InChI is InChI=1S/C19H26F6N5O6P/c1-11(2)4-5-35-16(31)29-14-13-15(27-9-26-14)30(10-28-13)6-12(3)36-8-17(19(23,24)25,37(32,33)34)7-18(20,21)22/h9-12H,4-8H2,1-3H3,(H2,32,33,34)(H,26,27,29,31)/t12?,17-/m1/s1. The lowest BCUT2D eigenvalue weighted by molar-refractivity contribution is -0.223. The molecule has 2 rings (SSSR count). The van der Waals surface area contributed by atoms with E-state index in [9.17, 15) is 45.5 Å². The molecule has 37 heavy (non-hydrogen) atoms. The van der Waals surface area contributed by atoms with E-state index in [1.807, 2.05) is 13.8 Å². The summed E-state index contributed by atoms with van der Waals surface area (Å²) in [6.45, 7) is 2.97. The molecule has 0 bridgehead atoms. The van der Waals surface area contributed by atoms with Gasteiger partial charge in [-0.25, -0.2) is 19.7 Å². The van der Waals surface area contributed by atoms with Gasteiger partial charge in [0.2, 0.25) is 0 Å². The maximum Gasteiger partial charge on any atom is 0.412 e. The van der Waals surface area contributed by atoms with Crippen molar-refractivity contribution in [1.82, 2.24) is 19.5 Å². The average molecular weight is 565 g/mol. The van der Waals surface area contributed by atoms with E-state index in [2.05, 4.69) is 20.3 Å². The van der Waals surface area contributed by atoms with Crippen LogP contribution in [0.1, 0.15) is 33.6 Å². The molecule has 2 aromatic heterocycles. The van der Waals surface area contributed by atoms with Crippen LogP contribution in [0.2, 0.25) is 0 Å². The highest BCUT2D eigenvalue weighted by molar-refractivity contribution is 7.53. The zero-order valence-corrected chi connectivity index (χ0v) is 20.8. The molecule has 210 valence electrons. The first-order valence-electron chi connectivity index (χ1n) is 10.8. The van der Waals surface area contributed by atoms with Crippen LogP contribution in [0, 0.1) is 5.92 Å². The fraction of sp³-hybridized carbons (Fsp3) is 0.684. The van der Waals surface area contributed by atoms with Crippen LogP contribution in [0.3, 0.4) is 0 Å². The van der Waals surface area contributed by atoms with Gasteiger partial charge in [0.15, 0.2) is 22.1 Å². The van der Waals surface area contributed by atoms with Crippen molar-refractivity contribution in [1.29, 1.82) is 0 Å². The Kier molecular flexibility index (Phi) is 9.55. The Morgan fingerprint density at radius 3 is 2.32 bits per heavy atom. The van der Waals surface area contributed by atoms with Gasteiger partial charge in [-0.15, -0.1) is 0 Å². The van der Waals surface area contributed by atoms with Gasteiger partial charge in [-0.1, -0.05) is 13.8 Å². The van der Waals surface area contributed by atoms with E-state index in [4.69, 9.17) is 9.47 Å². The molecule has 0 aliphatic heterocycles. The molecule has 18 heteroatoms. The van der Waals surface area contributed by atoms with Gasteiger partial charge in [0.1, 0.15) is 6.33 Å². The number of imidazole rings is 1. The second-order valence-corrected chi connectivity index (χ2v) is 10.7. The fourth-order valence-corrected chi connectivity index (χ4v) is 4.11. The van der Waals surface area contributed by atoms with Crippen molar-refractivity contribution >= 4 is 30.7 Å². The molecule has 0 saturated heterocycles. The van der Waals surface area contributed by atoms with E-state index < -0.39 is 50.3 Å². The van der Waals surface area contributed by atoms with Gasteiger partial charge < -0.3 is 23.8 Å². The molecular weight excluding hydrogens is 539 g/mol. The van der Waals surface area contributed by atoms with Crippen LogP contribution in [-0.2, 0) is 20.6 Å². The van der Waals surface area contributed by atoms with Crippen LogP contribution in [0.4, 0.5) is 37.0 Å². The Labute approximate surface area is 206 Å². The number of nitrogens with zero attached hydrogens (tertiary/aromatic N) is 4. The number of carbonyl (C=O) groups excluding carboxylic acids is 1. The number of aromatic nitrogens is 4. The number of carbonyl (C=O) groups is 1. The molecular formula is C19H26F6N5O6P.